The van der Waals surface area contributed by atoms with Crippen molar-refractivity contribution in [2.24, 2.45) is 4.99 Å². The van der Waals surface area contributed by atoms with E-state index in [1.165, 1.54) is 28.8 Å². The quantitative estimate of drug-likeness (QED) is 0.827. The number of likely N-dealkylation sites (N-methyl/N-ethyl adjacent to an activating group) is 1. The summed E-state index contributed by atoms with van der Waals surface area (Å²) < 4.78 is 0. The standard InChI is InChI=1S/C20H16N2O3S/c1-22-18(23)17(12-5-9-14-7-3-2-4-8-14)26-20(22)21-16-11-6-10-15(13-16)19(24)25/h2-13H,1H3,(H,24,25). The number of carboxylic acids is 1. The first-order valence-corrected chi connectivity index (χ1v) is 8.67. The maximum absolute atomic E-state index is 12.4. The van der Waals surface area contributed by atoms with Crippen LogP contribution in [-0.4, -0.2) is 34.1 Å². The Labute approximate surface area is 155 Å². The van der Waals surface area contributed by atoms with E-state index < -0.39 is 5.97 Å². The van der Waals surface area contributed by atoms with Crippen LogP contribution >= 0.6 is 11.8 Å². The average Bonchev–Trinajstić information content (AvgIpc) is 2.91. The fraction of sp³-hybridized carbons (Fsp3) is 0.0500. The number of carbonyl (C=O) groups is 2. The van der Waals surface area contributed by atoms with E-state index in [1.54, 1.807) is 25.3 Å². The number of carbonyl (C=O) groups excluding carboxylic acids is 1. The number of hydrogen-bond donors (Lipinski definition) is 1. The highest BCUT2D eigenvalue weighted by atomic mass is 32.2. The maximum Gasteiger partial charge on any atom is 0.335 e. The smallest absolute Gasteiger partial charge is 0.335 e. The third-order valence-corrected chi connectivity index (χ3v) is 4.74. The number of nitrogens with zero attached hydrogens (tertiary/aromatic N) is 2. The van der Waals surface area contributed by atoms with Gasteiger partial charge >= 0.3 is 5.97 Å². The number of rotatable bonds is 4. The van der Waals surface area contributed by atoms with Crippen molar-refractivity contribution in [2.75, 3.05) is 7.05 Å². The summed E-state index contributed by atoms with van der Waals surface area (Å²) >= 11 is 1.26. The van der Waals surface area contributed by atoms with Crippen LogP contribution in [0.25, 0.3) is 6.08 Å². The van der Waals surface area contributed by atoms with Gasteiger partial charge in [-0.25, -0.2) is 9.79 Å². The van der Waals surface area contributed by atoms with Crippen LogP contribution in [0.3, 0.4) is 0 Å². The summed E-state index contributed by atoms with van der Waals surface area (Å²) in [4.78, 5) is 29.8. The molecule has 1 heterocycles. The molecule has 0 radical (unpaired) electrons. The van der Waals surface area contributed by atoms with Gasteiger partial charge in [0.15, 0.2) is 5.17 Å². The lowest BCUT2D eigenvalue weighted by molar-refractivity contribution is -0.121. The van der Waals surface area contributed by atoms with Gasteiger partial charge in [0.2, 0.25) is 0 Å². The number of thioether (sulfide) groups is 1. The number of carboxylic acid groups (broad SMARTS) is 1. The van der Waals surface area contributed by atoms with Gasteiger partial charge in [0.25, 0.3) is 5.91 Å². The Hall–Kier alpha value is -3.12. The highest BCUT2D eigenvalue weighted by molar-refractivity contribution is 8.18. The maximum atomic E-state index is 12.4. The molecule has 0 aliphatic carbocycles. The summed E-state index contributed by atoms with van der Waals surface area (Å²) in [5.74, 6) is -1.15. The summed E-state index contributed by atoms with van der Waals surface area (Å²) in [5, 5.41) is 9.57. The van der Waals surface area contributed by atoms with Crippen molar-refractivity contribution < 1.29 is 14.7 Å². The van der Waals surface area contributed by atoms with E-state index in [2.05, 4.69) is 4.99 Å². The zero-order valence-corrected chi connectivity index (χ0v) is 14.8. The Morgan fingerprint density at radius 2 is 1.92 bits per heavy atom. The molecule has 0 unspecified atom stereocenters. The molecule has 1 N–H and O–H groups in total. The highest BCUT2D eigenvalue weighted by Crippen LogP contribution is 2.31. The number of amides is 1. The van der Waals surface area contributed by atoms with Crippen molar-refractivity contribution in [1.29, 1.82) is 0 Å². The minimum Gasteiger partial charge on any atom is -0.478 e. The zero-order valence-electron chi connectivity index (χ0n) is 14.0. The Balaban J connectivity index is 1.80. The molecule has 3 rings (SSSR count). The molecule has 130 valence electrons. The summed E-state index contributed by atoms with van der Waals surface area (Å²) in [6, 6.07) is 16.1. The lowest BCUT2D eigenvalue weighted by Gasteiger charge is -2.07. The molecule has 1 fully saturated rings. The van der Waals surface area contributed by atoms with Crippen LogP contribution in [-0.2, 0) is 4.79 Å². The zero-order chi connectivity index (χ0) is 18.5. The minimum absolute atomic E-state index is 0.138. The van der Waals surface area contributed by atoms with E-state index in [9.17, 15) is 9.59 Å². The summed E-state index contributed by atoms with van der Waals surface area (Å²) in [7, 11) is 1.65. The molecule has 26 heavy (non-hydrogen) atoms. The Kier molecular flexibility index (Phi) is 5.34. The van der Waals surface area contributed by atoms with Gasteiger partial charge in [-0.15, -0.1) is 0 Å². The molecule has 0 bridgehead atoms. The van der Waals surface area contributed by atoms with Gasteiger partial charge in [-0.2, -0.15) is 0 Å². The van der Waals surface area contributed by atoms with E-state index in [0.717, 1.165) is 5.56 Å². The van der Waals surface area contributed by atoms with Gasteiger partial charge < -0.3 is 5.11 Å². The monoisotopic (exact) mass is 364 g/mol. The molecule has 2 aromatic carbocycles. The molecule has 0 aromatic heterocycles. The molecule has 0 saturated carbocycles. The molecule has 5 nitrogen and oxygen atoms in total. The van der Waals surface area contributed by atoms with E-state index in [0.29, 0.717) is 15.8 Å². The molecule has 2 aromatic rings. The van der Waals surface area contributed by atoms with Crippen molar-refractivity contribution in [1.82, 2.24) is 4.90 Å². The van der Waals surface area contributed by atoms with Crippen LogP contribution in [0.2, 0.25) is 0 Å². The fourth-order valence-corrected chi connectivity index (χ4v) is 3.23. The largest absolute Gasteiger partial charge is 0.478 e. The molecular formula is C20H16N2O3S. The number of benzene rings is 2. The normalized spacial score (nSPS) is 17.6. The summed E-state index contributed by atoms with van der Waals surface area (Å²) in [5.41, 5.74) is 1.70. The molecule has 0 atom stereocenters. The summed E-state index contributed by atoms with van der Waals surface area (Å²) in [6.45, 7) is 0. The number of hydrogen-bond acceptors (Lipinski definition) is 4. The molecule has 1 saturated heterocycles. The first-order valence-electron chi connectivity index (χ1n) is 7.86. The van der Waals surface area contributed by atoms with Crippen LogP contribution in [0.5, 0.6) is 0 Å². The molecule has 1 aliphatic heterocycles. The van der Waals surface area contributed by atoms with Crippen LogP contribution in [0.1, 0.15) is 15.9 Å². The minimum atomic E-state index is -1.01. The predicted molar refractivity (Wildman–Crippen MR) is 104 cm³/mol. The molecule has 6 heteroatoms. The van der Waals surface area contributed by atoms with Crippen LogP contribution in [0.15, 0.2) is 76.6 Å². The second kappa shape index (κ2) is 7.84. The Morgan fingerprint density at radius 1 is 1.15 bits per heavy atom. The van der Waals surface area contributed by atoms with Crippen molar-refractivity contribution in [2.45, 2.75) is 0 Å². The summed E-state index contributed by atoms with van der Waals surface area (Å²) in [6.07, 6.45) is 5.51. The lowest BCUT2D eigenvalue weighted by atomic mass is 10.2. The van der Waals surface area contributed by atoms with Crippen molar-refractivity contribution >= 4 is 40.6 Å². The predicted octanol–water partition coefficient (Wildman–Crippen LogP) is 4.17. The van der Waals surface area contributed by atoms with Crippen LogP contribution in [0, 0.1) is 0 Å². The van der Waals surface area contributed by atoms with Crippen molar-refractivity contribution in [3.8, 4) is 0 Å². The second-order valence-electron chi connectivity index (χ2n) is 5.52. The van der Waals surface area contributed by atoms with Gasteiger partial charge in [0, 0.05) is 7.05 Å². The Bertz CT molecular complexity index is 933. The van der Waals surface area contributed by atoms with E-state index in [1.807, 2.05) is 42.5 Å². The fourth-order valence-electron chi connectivity index (χ4n) is 2.30. The van der Waals surface area contributed by atoms with Crippen molar-refractivity contribution in [3.05, 3.63) is 82.8 Å². The van der Waals surface area contributed by atoms with Crippen LogP contribution < -0.4 is 0 Å². The number of aromatic carboxylic acids is 1. The number of allylic oxidation sites excluding steroid dienone is 2. The first-order chi connectivity index (χ1) is 12.5. The van der Waals surface area contributed by atoms with E-state index >= 15 is 0 Å². The van der Waals surface area contributed by atoms with Gasteiger partial charge in [-0.1, -0.05) is 48.6 Å². The van der Waals surface area contributed by atoms with Gasteiger partial charge in [-0.05, 0) is 41.6 Å². The molecular weight excluding hydrogens is 348 g/mol. The molecule has 1 amide bonds. The third-order valence-electron chi connectivity index (χ3n) is 3.66. The molecule has 0 spiro atoms. The van der Waals surface area contributed by atoms with Crippen LogP contribution in [0.4, 0.5) is 5.69 Å². The number of amidine groups is 1. The van der Waals surface area contributed by atoms with Gasteiger partial charge in [0.05, 0.1) is 16.2 Å². The first kappa shape index (κ1) is 17.7. The number of aliphatic imine (C=N–C) groups is 1. The van der Waals surface area contributed by atoms with E-state index in [-0.39, 0.29) is 11.5 Å². The topological polar surface area (TPSA) is 70.0 Å². The van der Waals surface area contributed by atoms with Gasteiger partial charge in [-0.3, -0.25) is 9.69 Å². The SMILES string of the molecule is CN1C(=O)C(=CC=Cc2ccccc2)SC1=Nc1cccc(C(=O)O)c1. The highest BCUT2D eigenvalue weighted by Gasteiger charge is 2.29. The third kappa shape index (κ3) is 4.10. The van der Waals surface area contributed by atoms with Crippen molar-refractivity contribution in [3.63, 3.8) is 0 Å². The average molecular weight is 364 g/mol. The van der Waals surface area contributed by atoms with E-state index in [4.69, 9.17) is 5.11 Å². The second-order valence-corrected chi connectivity index (χ2v) is 6.53. The van der Waals surface area contributed by atoms with Gasteiger partial charge in [0.1, 0.15) is 0 Å². The molecule has 1 aliphatic rings. The Morgan fingerprint density at radius 3 is 2.65 bits per heavy atom. The lowest BCUT2D eigenvalue weighted by Crippen LogP contribution is -2.23.